The molecule has 0 atom stereocenters. The summed E-state index contributed by atoms with van der Waals surface area (Å²) in [5, 5.41) is 5.93. The third-order valence-corrected chi connectivity index (χ3v) is 3.58. The molecule has 2 amide bonds. The van der Waals surface area contributed by atoms with E-state index in [0.717, 1.165) is 38.2 Å². The lowest BCUT2D eigenvalue weighted by molar-refractivity contribution is 0.180. The van der Waals surface area contributed by atoms with Crippen molar-refractivity contribution < 1.29 is 4.79 Å². The highest BCUT2D eigenvalue weighted by atomic mass is 16.2. The van der Waals surface area contributed by atoms with Gasteiger partial charge in [0.15, 0.2) is 0 Å². The van der Waals surface area contributed by atoms with Crippen molar-refractivity contribution in [2.75, 3.05) is 25.0 Å². The lowest BCUT2D eigenvalue weighted by Crippen LogP contribution is -2.46. The fourth-order valence-electron chi connectivity index (χ4n) is 2.65. The van der Waals surface area contributed by atoms with E-state index in [-0.39, 0.29) is 6.03 Å². The lowest BCUT2D eigenvalue weighted by atomic mass is 10.0. The van der Waals surface area contributed by atoms with Gasteiger partial charge in [-0.15, -0.1) is 0 Å². The SMILES string of the molecule is CC(C)CN1CCC(NC(=O)Nc2ccccc2)CC1. The predicted octanol–water partition coefficient (Wildman–Crippen LogP) is 2.93. The van der Waals surface area contributed by atoms with E-state index < -0.39 is 0 Å². The number of benzene rings is 1. The van der Waals surface area contributed by atoms with Crippen LogP contribution in [0.1, 0.15) is 26.7 Å². The fourth-order valence-corrected chi connectivity index (χ4v) is 2.65. The van der Waals surface area contributed by atoms with E-state index >= 15 is 0 Å². The molecule has 1 heterocycles. The second-order valence-corrected chi connectivity index (χ2v) is 5.93. The number of carbonyl (C=O) groups is 1. The summed E-state index contributed by atoms with van der Waals surface area (Å²) < 4.78 is 0. The molecule has 1 aliphatic rings. The van der Waals surface area contributed by atoms with E-state index in [9.17, 15) is 4.79 Å². The van der Waals surface area contributed by atoms with Crippen molar-refractivity contribution in [3.05, 3.63) is 30.3 Å². The highest BCUT2D eigenvalue weighted by Crippen LogP contribution is 2.12. The largest absolute Gasteiger partial charge is 0.335 e. The minimum Gasteiger partial charge on any atom is -0.335 e. The molecule has 110 valence electrons. The molecule has 1 saturated heterocycles. The van der Waals surface area contributed by atoms with Gasteiger partial charge in [-0.25, -0.2) is 4.79 Å². The van der Waals surface area contributed by atoms with Crippen LogP contribution in [0, 0.1) is 5.92 Å². The highest BCUT2D eigenvalue weighted by molar-refractivity contribution is 5.89. The molecule has 0 unspecified atom stereocenters. The zero-order chi connectivity index (χ0) is 14.4. The number of carbonyl (C=O) groups excluding carboxylic acids is 1. The first-order chi connectivity index (χ1) is 9.63. The van der Waals surface area contributed by atoms with Crippen LogP contribution in [0.5, 0.6) is 0 Å². The van der Waals surface area contributed by atoms with Gasteiger partial charge >= 0.3 is 6.03 Å². The van der Waals surface area contributed by atoms with Crippen molar-refractivity contribution in [3.8, 4) is 0 Å². The molecule has 0 bridgehead atoms. The van der Waals surface area contributed by atoms with Crippen molar-refractivity contribution in [2.45, 2.75) is 32.7 Å². The van der Waals surface area contributed by atoms with Gasteiger partial charge < -0.3 is 15.5 Å². The summed E-state index contributed by atoms with van der Waals surface area (Å²) >= 11 is 0. The van der Waals surface area contributed by atoms with Crippen LogP contribution in [0.3, 0.4) is 0 Å². The Balaban J connectivity index is 1.71. The molecule has 1 fully saturated rings. The summed E-state index contributed by atoms with van der Waals surface area (Å²) in [4.78, 5) is 14.4. The molecule has 0 saturated carbocycles. The molecule has 0 radical (unpaired) electrons. The normalized spacial score (nSPS) is 17.1. The number of hydrogen-bond acceptors (Lipinski definition) is 2. The number of nitrogens with zero attached hydrogens (tertiary/aromatic N) is 1. The van der Waals surface area contributed by atoms with Gasteiger partial charge in [0.25, 0.3) is 0 Å². The summed E-state index contributed by atoms with van der Waals surface area (Å²) in [6, 6.07) is 9.75. The zero-order valence-corrected chi connectivity index (χ0v) is 12.4. The lowest BCUT2D eigenvalue weighted by Gasteiger charge is -2.33. The van der Waals surface area contributed by atoms with Crippen molar-refractivity contribution in [1.82, 2.24) is 10.2 Å². The minimum absolute atomic E-state index is 0.0986. The van der Waals surface area contributed by atoms with Crippen LogP contribution in [0.4, 0.5) is 10.5 Å². The van der Waals surface area contributed by atoms with Gasteiger partial charge in [-0.2, -0.15) is 0 Å². The minimum atomic E-state index is -0.0986. The number of anilines is 1. The fraction of sp³-hybridized carbons (Fsp3) is 0.562. The molecule has 20 heavy (non-hydrogen) atoms. The number of nitrogens with one attached hydrogen (secondary N) is 2. The maximum absolute atomic E-state index is 11.9. The van der Waals surface area contributed by atoms with E-state index in [4.69, 9.17) is 0 Å². The van der Waals surface area contributed by atoms with E-state index in [1.165, 1.54) is 0 Å². The topological polar surface area (TPSA) is 44.4 Å². The number of rotatable bonds is 4. The molecule has 1 aromatic rings. The number of likely N-dealkylation sites (tertiary alicyclic amines) is 1. The third-order valence-electron chi connectivity index (χ3n) is 3.58. The Bertz CT molecular complexity index is 411. The van der Waals surface area contributed by atoms with E-state index in [1.54, 1.807) is 0 Å². The molecule has 0 aromatic heterocycles. The van der Waals surface area contributed by atoms with E-state index in [2.05, 4.69) is 29.4 Å². The van der Waals surface area contributed by atoms with Crippen molar-refractivity contribution in [2.24, 2.45) is 5.92 Å². The Morgan fingerprint density at radius 2 is 1.90 bits per heavy atom. The Labute approximate surface area is 121 Å². The number of piperidine rings is 1. The summed E-state index contributed by atoms with van der Waals surface area (Å²) in [7, 11) is 0. The highest BCUT2D eigenvalue weighted by Gasteiger charge is 2.20. The van der Waals surface area contributed by atoms with Crippen molar-refractivity contribution in [1.29, 1.82) is 0 Å². The monoisotopic (exact) mass is 275 g/mol. The third kappa shape index (κ3) is 4.85. The molecule has 0 aliphatic carbocycles. The van der Waals surface area contributed by atoms with Gasteiger partial charge in [0, 0.05) is 31.4 Å². The number of hydrogen-bond donors (Lipinski definition) is 2. The molecule has 4 heteroatoms. The van der Waals surface area contributed by atoms with Crippen molar-refractivity contribution >= 4 is 11.7 Å². The summed E-state index contributed by atoms with van der Waals surface area (Å²) in [6.45, 7) is 7.81. The van der Waals surface area contributed by atoms with Crippen LogP contribution in [0.25, 0.3) is 0 Å². The number of urea groups is 1. The van der Waals surface area contributed by atoms with Crippen LogP contribution in [-0.4, -0.2) is 36.6 Å². The molecule has 1 aliphatic heterocycles. The average Bonchev–Trinajstić information content (AvgIpc) is 2.41. The van der Waals surface area contributed by atoms with Gasteiger partial charge in [-0.05, 0) is 30.9 Å². The summed E-state index contributed by atoms with van der Waals surface area (Å²) in [5.74, 6) is 0.709. The van der Waals surface area contributed by atoms with Crippen LogP contribution in [0.15, 0.2) is 30.3 Å². The van der Waals surface area contributed by atoms with Crippen LogP contribution in [-0.2, 0) is 0 Å². The molecular formula is C16H25N3O. The first kappa shape index (κ1) is 14.9. The van der Waals surface area contributed by atoms with E-state index in [1.807, 2.05) is 30.3 Å². The van der Waals surface area contributed by atoms with Gasteiger partial charge in [0.2, 0.25) is 0 Å². The summed E-state index contributed by atoms with van der Waals surface area (Å²) in [5.41, 5.74) is 0.835. The second kappa shape index (κ2) is 7.29. The zero-order valence-electron chi connectivity index (χ0n) is 12.4. The standard InChI is InChI=1S/C16H25N3O/c1-13(2)12-19-10-8-15(9-11-19)18-16(20)17-14-6-4-3-5-7-14/h3-7,13,15H,8-12H2,1-2H3,(H2,17,18,20). The molecular weight excluding hydrogens is 250 g/mol. The van der Waals surface area contributed by atoms with Gasteiger partial charge in [-0.3, -0.25) is 0 Å². The Morgan fingerprint density at radius 3 is 2.50 bits per heavy atom. The molecule has 2 rings (SSSR count). The summed E-state index contributed by atoms with van der Waals surface area (Å²) in [6.07, 6.45) is 2.07. The molecule has 0 spiro atoms. The smallest absolute Gasteiger partial charge is 0.319 e. The molecule has 1 aromatic carbocycles. The van der Waals surface area contributed by atoms with Gasteiger partial charge in [0.05, 0.1) is 0 Å². The van der Waals surface area contributed by atoms with Crippen LogP contribution in [0.2, 0.25) is 0 Å². The first-order valence-corrected chi connectivity index (χ1v) is 7.48. The predicted molar refractivity (Wildman–Crippen MR) is 82.9 cm³/mol. The average molecular weight is 275 g/mol. The Hall–Kier alpha value is -1.55. The van der Waals surface area contributed by atoms with Gasteiger partial charge in [0.1, 0.15) is 0 Å². The number of para-hydroxylation sites is 1. The van der Waals surface area contributed by atoms with E-state index in [0.29, 0.717) is 12.0 Å². The quantitative estimate of drug-likeness (QED) is 0.887. The number of amides is 2. The van der Waals surface area contributed by atoms with Crippen LogP contribution < -0.4 is 10.6 Å². The van der Waals surface area contributed by atoms with Gasteiger partial charge in [-0.1, -0.05) is 32.0 Å². The van der Waals surface area contributed by atoms with Crippen molar-refractivity contribution in [3.63, 3.8) is 0 Å². The molecule has 4 nitrogen and oxygen atoms in total. The second-order valence-electron chi connectivity index (χ2n) is 5.93. The molecule has 2 N–H and O–H groups in total. The van der Waals surface area contributed by atoms with Crippen LogP contribution >= 0.6 is 0 Å². The Morgan fingerprint density at radius 1 is 1.25 bits per heavy atom. The first-order valence-electron chi connectivity index (χ1n) is 7.48. The Kier molecular flexibility index (Phi) is 5.41. The maximum Gasteiger partial charge on any atom is 0.319 e. The maximum atomic E-state index is 11.9.